The summed E-state index contributed by atoms with van der Waals surface area (Å²) in [6.45, 7) is 2.48. The van der Waals surface area contributed by atoms with Crippen molar-refractivity contribution in [2.24, 2.45) is 5.16 Å². The fourth-order valence-corrected chi connectivity index (χ4v) is 3.71. The lowest BCUT2D eigenvalue weighted by Gasteiger charge is -2.08. The molecular formula is C14H19N3O2S. The molecule has 6 heteroatoms. The number of carbonyl (C=O) groups excluding carboxylic acids is 1. The van der Waals surface area contributed by atoms with E-state index in [1.807, 2.05) is 6.92 Å². The number of nitrogens with one attached hydrogen (secondary N) is 1. The van der Waals surface area contributed by atoms with Gasteiger partial charge in [0.15, 0.2) is 0 Å². The topological polar surface area (TPSA) is 63.6 Å². The molecule has 0 saturated heterocycles. The van der Waals surface area contributed by atoms with Gasteiger partial charge < -0.3 is 10.2 Å². The van der Waals surface area contributed by atoms with E-state index < -0.39 is 6.10 Å². The third kappa shape index (κ3) is 3.00. The van der Waals surface area contributed by atoms with Crippen LogP contribution >= 0.6 is 11.3 Å². The molecule has 1 atom stereocenters. The van der Waals surface area contributed by atoms with Crippen molar-refractivity contribution in [3.05, 3.63) is 15.6 Å². The number of hydrogen-bond acceptors (Lipinski definition) is 5. The Balaban J connectivity index is 1.45. The largest absolute Gasteiger partial charge is 0.382 e. The molecule has 0 spiro atoms. The fourth-order valence-electron chi connectivity index (χ4n) is 2.56. The van der Waals surface area contributed by atoms with E-state index in [4.69, 9.17) is 4.84 Å². The van der Waals surface area contributed by atoms with Crippen molar-refractivity contribution in [2.45, 2.75) is 51.6 Å². The molecule has 2 aliphatic rings. The van der Waals surface area contributed by atoms with Gasteiger partial charge in [0, 0.05) is 24.3 Å². The number of carbonyl (C=O) groups is 1. The number of aromatic nitrogens is 1. The number of nitrogens with zero attached hydrogens (tertiary/aromatic N) is 2. The summed E-state index contributed by atoms with van der Waals surface area (Å²) >= 11 is 1.80. The molecule has 108 valence electrons. The Morgan fingerprint density at radius 2 is 2.30 bits per heavy atom. The molecule has 0 unspecified atom stereocenters. The summed E-state index contributed by atoms with van der Waals surface area (Å²) in [6, 6.07) is 0. The maximum absolute atomic E-state index is 11.8. The van der Waals surface area contributed by atoms with Crippen LogP contribution in [-0.4, -0.2) is 29.3 Å². The number of amides is 1. The van der Waals surface area contributed by atoms with Crippen LogP contribution in [0.4, 0.5) is 0 Å². The zero-order chi connectivity index (χ0) is 13.9. The van der Waals surface area contributed by atoms with E-state index in [1.54, 1.807) is 11.3 Å². The number of fused-ring (bicyclic) bond motifs is 1. The highest BCUT2D eigenvalue weighted by molar-refractivity contribution is 7.11. The first-order valence-electron chi connectivity index (χ1n) is 7.17. The van der Waals surface area contributed by atoms with Gasteiger partial charge in [0.25, 0.3) is 5.91 Å². The average Bonchev–Trinajstić information content (AvgIpc) is 3.04. The number of aryl methyl sites for hydroxylation is 2. The van der Waals surface area contributed by atoms with Crippen molar-refractivity contribution in [3.63, 3.8) is 0 Å². The van der Waals surface area contributed by atoms with Gasteiger partial charge in [-0.1, -0.05) is 5.16 Å². The van der Waals surface area contributed by atoms with Crippen LogP contribution in [0.2, 0.25) is 0 Å². The van der Waals surface area contributed by atoms with Crippen LogP contribution in [0.5, 0.6) is 0 Å². The predicted octanol–water partition coefficient (Wildman–Crippen LogP) is 1.85. The van der Waals surface area contributed by atoms with Crippen LogP contribution in [0.15, 0.2) is 5.16 Å². The molecule has 1 aromatic heterocycles. The minimum atomic E-state index is -0.445. The van der Waals surface area contributed by atoms with Gasteiger partial charge in [-0.15, -0.1) is 11.3 Å². The van der Waals surface area contributed by atoms with Gasteiger partial charge in [-0.25, -0.2) is 4.98 Å². The van der Waals surface area contributed by atoms with Crippen molar-refractivity contribution >= 4 is 23.0 Å². The summed E-state index contributed by atoms with van der Waals surface area (Å²) in [5.41, 5.74) is 2.16. The minimum absolute atomic E-state index is 0.0769. The monoisotopic (exact) mass is 293 g/mol. The lowest BCUT2D eigenvalue weighted by Crippen LogP contribution is -2.35. The molecular weight excluding hydrogens is 274 g/mol. The standard InChI is InChI=1S/C14H19N3O2S/c1-9-8-11(19-17-9)14(18)15-7-6-13-16-10-4-2-3-5-12(10)20-13/h11H,2-8H2,1H3,(H,15,18)/t11-/m1/s1. The van der Waals surface area contributed by atoms with E-state index in [1.165, 1.54) is 29.8 Å². The first-order chi connectivity index (χ1) is 9.72. The zero-order valence-electron chi connectivity index (χ0n) is 11.6. The first-order valence-corrected chi connectivity index (χ1v) is 7.98. The van der Waals surface area contributed by atoms with Gasteiger partial charge in [0.2, 0.25) is 6.10 Å². The molecule has 0 bridgehead atoms. The second-order valence-electron chi connectivity index (χ2n) is 5.35. The Labute approximate surface area is 122 Å². The number of thiazole rings is 1. The van der Waals surface area contributed by atoms with Crippen molar-refractivity contribution < 1.29 is 9.63 Å². The van der Waals surface area contributed by atoms with Gasteiger partial charge in [0.1, 0.15) is 0 Å². The van der Waals surface area contributed by atoms with Gasteiger partial charge in [-0.05, 0) is 32.6 Å². The Kier molecular flexibility index (Phi) is 4.00. The number of oxime groups is 1. The van der Waals surface area contributed by atoms with Crippen molar-refractivity contribution in [1.29, 1.82) is 0 Å². The highest BCUT2D eigenvalue weighted by Crippen LogP contribution is 2.26. The maximum Gasteiger partial charge on any atom is 0.264 e. The molecule has 1 aliphatic carbocycles. The Morgan fingerprint density at radius 1 is 1.45 bits per heavy atom. The lowest BCUT2D eigenvalue weighted by molar-refractivity contribution is -0.131. The lowest BCUT2D eigenvalue weighted by atomic mass is 10.0. The maximum atomic E-state index is 11.8. The van der Waals surface area contributed by atoms with E-state index in [2.05, 4.69) is 15.5 Å². The molecule has 5 nitrogen and oxygen atoms in total. The van der Waals surface area contributed by atoms with E-state index in [-0.39, 0.29) is 5.91 Å². The SMILES string of the molecule is CC1=NO[C@@H](C(=O)NCCc2nc3c(s2)CCCC3)C1. The van der Waals surface area contributed by atoms with Crippen molar-refractivity contribution in [3.8, 4) is 0 Å². The Bertz CT molecular complexity index is 515. The predicted molar refractivity (Wildman–Crippen MR) is 78.1 cm³/mol. The smallest absolute Gasteiger partial charge is 0.264 e. The molecule has 3 rings (SSSR count). The summed E-state index contributed by atoms with van der Waals surface area (Å²) in [5, 5.41) is 7.83. The Morgan fingerprint density at radius 3 is 3.05 bits per heavy atom. The van der Waals surface area contributed by atoms with E-state index in [9.17, 15) is 4.79 Å². The minimum Gasteiger partial charge on any atom is -0.382 e. The molecule has 0 saturated carbocycles. The highest BCUT2D eigenvalue weighted by Gasteiger charge is 2.25. The molecule has 1 aromatic rings. The Hall–Kier alpha value is -1.43. The molecule has 0 fully saturated rings. The van der Waals surface area contributed by atoms with E-state index >= 15 is 0 Å². The number of hydrogen-bond donors (Lipinski definition) is 1. The second kappa shape index (κ2) is 5.91. The molecule has 1 N–H and O–H groups in total. The fraction of sp³-hybridized carbons (Fsp3) is 0.643. The van der Waals surface area contributed by atoms with Gasteiger partial charge in [-0.3, -0.25) is 4.79 Å². The van der Waals surface area contributed by atoms with Gasteiger partial charge >= 0.3 is 0 Å². The summed E-state index contributed by atoms with van der Waals surface area (Å²) in [4.78, 5) is 23.0. The quantitative estimate of drug-likeness (QED) is 0.921. The van der Waals surface area contributed by atoms with Crippen LogP contribution in [0.3, 0.4) is 0 Å². The summed E-state index contributed by atoms with van der Waals surface area (Å²) < 4.78 is 0. The molecule has 20 heavy (non-hydrogen) atoms. The third-order valence-electron chi connectivity index (χ3n) is 3.64. The second-order valence-corrected chi connectivity index (χ2v) is 6.52. The van der Waals surface area contributed by atoms with Crippen LogP contribution in [0, 0.1) is 0 Å². The van der Waals surface area contributed by atoms with Crippen molar-refractivity contribution in [2.75, 3.05) is 6.54 Å². The van der Waals surface area contributed by atoms with Gasteiger partial charge in [-0.2, -0.15) is 0 Å². The van der Waals surface area contributed by atoms with E-state index in [0.717, 1.165) is 23.6 Å². The van der Waals surface area contributed by atoms with Gasteiger partial charge in [0.05, 0.1) is 16.4 Å². The molecule has 0 radical (unpaired) electrons. The molecule has 0 aromatic carbocycles. The first kappa shape index (κ1) is 13.5. The summed E-state index contributed by atoms with van der Waals surface area (Å²) in [7, 11) is 0. The third-order valence-corrected chi connectivity index (χ3v) is 4.85. The average molecular weight is 293 g/mol. The zero-order valence-corrected chi connectivity index (χ0v) is 12.5. The molecule has 1 amide bonds. The van der Waals surface area contributed by atoms with Crippen LogP contribution < -0.4 is 5.32 Å². The highest BCUT2D eigenvalue weighted by atomic mass is 32.1. The van der Waals surface area contributed by atoms with Crippen LogP contribution in [0.1, 0.15) is 41.8 Å². The normalized spacial score (nSPS) is 21.1. The molecule has 2 heterocycles. The van der Waals surface area contributed by atoms with Crippen LogP contribution in [-0.2, 0) is 28.9 Å². The van der Waals surface area contributed by atoms with Crippen LogP contribution in [0.25, 0.3) is 0 Å². The van der Waals surface area contributed by atoms with Crippen molar-refractivity contribution in [1.82, 2.24) is 10.3 Å². The summed E-state index contributed by atoms with van der Waals surface area (Å²) in [6.07, 6.45) is 5.78. The molecule has 1 aliphatic heterocycles. The van der Waals surface area contributed by atoms with E-state index in [0.29, 0.717) is 13.0 Å². The number of rotatable bonds is 4. The summed E-state index contributed by atoms with van der Waals surface area (Å²) in [5.74, 6) is -0.0769.